The van der Waals surface area contributed by atoms with Crippen LogP contribution in [-0.4, -0.2) is 41.5 Å². The second kappa shape index (κ2) is 7.31. The van der Waals surface area contributed by atoms with Crippen molar-refractivity contribution in [2.45, 2.75) is 13.8 Å². The van der Waals surface area contributed by atoms with Gasteiger partial charge >= 0.3 is 5.97 Å². The van der Waals surface area contributed by atoms with Gasteiger partial charge in [0.15, 0.2) is 0 Å². The van der Waals surface area contributed by atoms with Crippen LogP contribution in [0.4, 0.5) is 0 Å². The highest BCUT2D eigenvalue weighted by Gasteiger charge is 2.21. The number of esters is 1. The van der Waals surface area contributed by atoms with Crippen LogP contribution in [0.15, 0.2) is 12.1 Å². The molecule has 0 spiro atoms. The predicted octanol–water partition coefficient (Wildman–Crippen LogP) is 2.41. The first-order valence-electron chi connectivity index (χ1n) is 5.76. The number of carbonyl (C=O) groups is 2. The van der Waals surface area contributed by atoms with Crippen molar-refractivity contribution in [3.8, 4) is 0 Å². The van der Waals surface area contributed by atoms with Gasteiger partial charge in [0.1, 0.15) is 17.4 Å². The fourth-order valence-electron chi connectivity index (χ4n) is 1.41. The van der Waals surface area contributed by atoms with Gasteiger partial charge in [-0.25, -0.2) is 4.98 Å². The number of amides is 1. The Kier molecular flexibility index (Phi) is 6.05. The number of likely N-dealkylation sites (N-methyl/N-ethyl adjacent to an activating group) is 1. The van der Waals surface area contributed by atoms with Crippen LogP contribution in [0.3, 0.4) is 0 Å². The van der Waals surface area contributed by atoms with E-state index in [1.54, 1.807) is 13.8 Å². The van der Waals surface area contributed by atoms with Crippen LogP contribution in [-0.2, 0) is 9.53 Å². The van der Waals surface area contributed by atoms with Crippen molar-refractivity contribution in [2.24, 2.45) is 0 Å². The molecule has 1 aromatic rings. The summed E-state index contributed by atoms with van der Waals surface area (Å²) in [6.07, 6.45) is 0. The molecule has 104 valence electrons. The van der Waals surface area contributed by atoms with E-state index in [4.69, 9.17) is 27.9 Å². The maximum atomic E-state index is 12.2. The van der Waals surface area contributed by atoms with Crippen LogP contribution in [0, 0.1) is 0 Å². The summed E-state index contributed by atoms with van der Waals surface area (Å²) in [6, 6.07) is 2.98. The van der Waals surface area contributed by atoms with Gasteiger partial charge in [-0.05, 0) is 26.0 Å². The smallest absolute Gasteiger partial charge is 0.325 e. The molecule has 0 radical (unpaired) electrons. The van der Waals surface area contributed by atoms with Crippen LogP contribution < -0.4 is 0 Å². The summed E-state index contributed by atoms with van der Waals surface area (Å²) < 4.78 is 4.80. The number of rotatable bonds is 5. The van der Waals surface area contributed by atoms with E-state index in [-0.39, 0.29) is 29.0 Å². The van der Waals surface area contributed by atoms with Crippen LogP contribution in [0.5, 0.6) is 0 Å². The summed E-state index contributed by atoms with van der Waals surface area (Å²) in [7, 11) is 0. The molecule has 5 nitrogen and oxygen atoms in total. The van der Waals surface area contributed by atoms with Gasteiger partial charge < -0.3 is 9.64 Å². The fourth-order valence-corrected chi connectivity index (χ4v) is 1.74. The van der Waals surface area contributed by atoms with Crippen molar-refractivity contribution < 1.29 is 14.3 Å². The van der Waals surface area contributed by atoms with E-state index in [9.17, 15) is 9.59 Å². The molecule has 1 heterocycles. The number of pyridine rings is 1. The molecule has 0 aliphatic rings. The van der Waals surface area contributed by atoms with E-state index >= 15 is 0 Å². The molecule has 0 fully saturated rings. The van der Waals surface area contributed by atoms with Crippen molar-refractivity contribution >= 4 is 35.1 Å². The molecule has 1 rings (SSSR count). The van der Waals surface area contributed by atoms with Gasteiger partial charge in [0.05, 0.1) is 11.6 Å². The van der Waals surface area contributed by atoms with Crippen molar-refractivity contribution in [3.05, 3.63) is 28.0 Å². The number of ether oxygens (including phenoxy) is 1. The second-order valence-electron chi connectivity index (χ2n) is 3.59. The van der Waals surface area contributed by atoms with Crippen LogP contribution >= 0.6 is 23.2 Å². The molecule has 19 heavy (non-hydrogen) atoms. The normalized spacial score (nSPS) is 10.1. The number of aromatic nitrogens is 1. The van der Waals surface area contributed by atoms with E-state index in [1.807, 2.05) is 0 Å². The number of hydrogen-bond acceptors (Lipinski definition) is 4. The summed E-state index contributed by atoms with van der Waals surface area (Å²) in [6.45, 7) is 3.90. The minimum absolute atomic E-state index is 0.0281. The van der Waals surface area contributed by atoms with Crippen LogP contribution in [0.25, 0.3) is 0 Å². The lowest BCUT2D eigenvalue weighted by atomic mass is 10.3. The molecule has 0 aliphatic carbocycles. The monoisotopic (exact) mass is 304 g/mol. The molecule has 7 heteroatoms. The Morgan fingerprint density at radius 3 is 2.58 bits per heavy atom. The first-order chi connectivity index (χ1) is 8.99. The lowest BCUT2D eigenvalue weighted by Crippen LogP contribution is -2.37. The topological polar surface area (TPSA) is 59.5 Å². The zero-order valence-electron chi connectivity index (χ0n) is 10.7. The number of nitrogens with zero attached hydrogens (tertiary/aromatic N) is 2. The molecule has 0 bridgehead atoms. The summed E-state index contributed by atoms with van der Waals surface area (Å²) in [5.41, 5.74) is 0.0281. The van der Waals surface area contributed by atoms with Gasteiger partial charge in [0, 0.05) is 6.54 Å². The first kappa shape index (κ1) is 15.7. The minimum Gasteiger partial charge on any atom is -0.465 e. The lowest BCUT2D eigenvalue weighted by Gasteiger charge is -2.19. The van der Waals surface area contributed by atoms with E-state index in [0.29, 0.717) is 6.54 Å². The third kappa shape index (κ3) is 4.36. The molecule has 1 amide bonds. The molecular formula is C12H14Cl2N2O3. The SMILES string of the molecule is CCOC(=O)CN(CC)C(=O)c1nc(Cl)ccc1Cl. The highest BCUT2D eigenvalue weighted by molar-refractivity contribution is 6.34. The molecular weight excluding hydrogens is 291 g/mol. The van der Waals surface area contributed by atoms with Gasteiger partial charge in [-0.2, -0.15) is 0 Å². The Hall–Kier alpha value is -1.33. The number of carbonyl (C=O) groups excluding carboxylic acids is 2. The highest BCUT2D eigenvalue weighted by Crippen LogP contribution is 2.18. The van der Waals surface area contributed by atoms with Gasteiger partial charge in [-0.15, -0.1) is 0 Å². The molecule has 0 aromatic carbocycles. The molecule has 0 unspecified atom stereocenters. The lowest BCUT2D eigenvalue weighted by molar-refractivity contribution is -0.143. The number of hydrogen-bond donors (Lipinski definition) is 0. The molecule has 0 saturated heterocycles. The summed E-state index contributed by atoms with van der Waals surface area (Å²) in [5, 5.41) is 0.358. The van der Waals surface area contributed by atoms with E-state index in [1.165, 1.54) is 17.0 Å². The summed E-state index contributed by atoms with van der Waals surface area (Å²) in [4.78, 5) is 28.8. The Labute approximate surface area is 121 Å². The average Bonchev–Trinajstić information content (AvgIpc) is 2.38. The predicted molar refractivity (Wildman–Crippen MR) is 72.5 cm³/mol. The number of halogens is 2. The molecule has 0 aliphatic heterocycles. The standard InChI is InChI=1S/C12H14Cl2N2O3/c1-3-16(7-10(17)19-4-2)12(18)11-8(13)5-6-9(14)15-11/h5-6H,3-4,7H2,1-2H3. The summed E-state index contributed by atoms with van der Waals surface area (Å²) in [5.74, 6) is -0.932. The van der Waals surface area contributed by atoms with Crippen molar-refractivity contribution in [1.29, 1.82) is 0 Å². The van der Waals surface area contributed by atoms with Crippen LogP contribution in [0.1, 0.15) is 24.3 Å². The molecule has 0 atom stereocenters. The third-order valence-corrected chi connectivity index (χ3v) is 2.82. The first-order valence-corrected chi connectivity index (χ1v) is 6.52. The van der Waals surface area contributed by atoms with Crippen molar-refractivity contribution in [3.63, 3.8) is 0 Å². The fraction of sp³-hybridized carbons (Fsp3) is 0.417. The van der Waals surface area contributed by atoms with Crippen LogP contribution in [0.2, 0.25) is 10.2 Å². The maximum Gasteiger partial charge on any atom is 0.325 e. The van der Waals surface area contributed by atoms with E-state index < -0.39 is 11.9 Å². The van der Waals surface area contributed by atoms with Gasteiger partial charge in [-0.1, -0.05) is 23.2 Å². The van der Waals surface area contributed by atoms with E-state index in [2.05, 4.69) is 4.98 Å². The zero-order chi connectivity index (χ0) is 14.4. The summed E-state index contributed by atoms with van der Waals surface area (Å²) >= 11 is 11.6. The largest absolute Gasteiger partial charge is 0.465 e. The van der Waals surface area contributed by atoms with Gasteiger partial charge in [-0.3, -0.25) is 9.59 Å². The zero-order valence-corrected chi connectivity index (χ0v) is 12.2. The Morgan fingerprint density at radius 2 is 2.00 bits per heavy atom. The molecule has 0 N–H and O–H groups in total. The Morgan fingerprint density at radius 1 is 1.32 bits per heavy atom. The Balaban J connectivity index is 2.89. The highest BCUT2D eigenvalue weighted by atomic mass is 35.5. The van der Waals surface area contributed by atoms with Gasteiger partial charge in [0.2, 0.25) is 0 Å². The van der Waals surface area contributed by atoms with E-state index in [0.717, 1.165) is 0 Å². The average molecular weight is 305 g/mol. The Bertz CT molecular complexity index is 480. The van der Waals surface area contributed by atoms with Crippen molar-refractivity contribution in [1.82, 2.24) is 9.88 Å². The van der Waals surface area contributed by atoms with Gasteiger partial charge in [0.25, 0.3) is 5.91 Å². The quantitative estimate of drug-likeness (QED) is 0.619. The molecule has 0 saturated carbocycles. The third-order valence-electron chi connectivity index (χ3n) is 2.31. The maximum absolute atomic E-state index is 12.2. The van der Waals surface area contributed by atoms with Crippen molar-refractivity contribution in [2.75, 3.05) is 19.7 Å². The second-order valence-corrected chi connectivity index (χ2v) is 4.38. The minimum atomic E-state index is -0.476. The molecule has 1 aromatic heterocycles.